The highest BCUT2D eigenvalue weighted by Crippen LogP contribution is 2.30. The molecule has 0 atom stereocenters. The summed E-state index contributed by atoms with van der Waals surface area (Å²) in [6.07, 6.45) is 2.19. The fraction of sp³-hybridized carbons (Fsp3) is 0.111. The highest BCUT2D eigenvalue weighted by atomic mass is 32.1. The Kier molecular flexibility index (Phi) is 5.98. The van der Waals surface area contributed by atoms with Gasteiger partial charge in [-0.25, -0.2) is 4.98 Å². The Morgan fingerprint density at radius 2 is 2.10 bits per heavy atom. The summed E-state index contributed by atoms with van der Waals surface area (Å²) in [6, 6.07) is 8.36. The summed E-state index contributed by atoms with van der Waals surface area (Å²) in [5, 5.41) is 13.8. The Labute approximate surface area is 166 Å². The third-order valence-corrected chi connectivity index (χ3v) is 4.59. The molecule has 1 heterocycles. The molecule has 0 bridgehead atoms. The van der Waals surface area contributed by atoms with Crippen LogP contribution in [-0.2, 0) is 4.79 Å². The van der Waals surface area contributed by atoms with E-state index in [2.05, 4.69) is 15.0 Å². The van der Waals surface area contributed by atoms with Gasteiger partial charge in [0.15, 0.2) is 5.13 Å². The maximum atomic E-state index is 12.5. The third kappa shape index (κ3) is 5.02. The largest absolute Gasteiger partial charge is 0.497 e. The van der Waals surface area contributed by atoms with E-state index in [1.165, 1.54) is 18.4 Å². The van der Waals surface area contributed by atoms with Crippen LogP contribution in [0.3, 0.4) is 0 Å². The molecule has 1 amide bonds. The Balaban J connectivity index is 1.79. The molecule has 1 N–H and O–H groups in total. The van der Waals surface area contributed by atoms with E-state index in [1.807, 2.05) is 0 Å². The second-order valence-electron chi connectivity index (χ2n) is 5.53. The molecule has 11 heteroatoms. The summed E-state index contributed by atoms with van der Waals surface area (Å²) in [5.74, 6) is -0.233. The first-order valence-electron chi connectivity index (χ1n) is 8.02. The molecular formula is C18H13F2N3O5S. The lowest BCUT2D eigenvalue weighted by Gasteiger charge is -2.07. The number of methoxy groups -OCH3 is 1. The van der Waals surface area contributed by atoms with Crippen molar-refractivity contribution >= 4 is 44.4 Å². The van der Waals surface area contributed by atoms with E-state index in [-0.39, 0.29) is 17.0 Å². The summed E-state index contributed by atoms with van der Waals surface area (Å²) >= 11 is 1.22. The van der Waals surface area contributed by atoms with Crippen molar-refractivity contribution in [3.63, 3.8) is 0 Å². The van der Waals surface area contributed by atoms with Crippen molar-refractivity contribution in [2.24, 2.45) is 0 Å². The van der Waals surface area contributed by atoms with Gasteiger partial charge in [-0.2, -0.15) is 8.78 Å². The van der Waals surface area contributed by atoms with Gasteiger partial charge < -0.3 is 9.47 Å². The highest BCUT2D eigenvalue weighted by molar-refractivity contribution is 7.22. The molecule has 0 aliphatic heterocycles. The number of amides is 1. The third-order valence-electron chi connectivity index (χ3n) is 3.66. The Bertz CT molecular complexity index is 1100. The molecule has 29 heavy (non-hydrogen) atoms. The number of nitro groups is 1. The van der Waals surface area contributed by atoms with Gasteiger partial charge in [0.05, 0.1) is 22.2 Å². The second kappa shape index (κ2) is 8.61. The monoisotopic (exact) mass is 421 g/mol. The molecule has 0 fully saturated rings. The molecule has 0 radical (unpaired) electrons. The van der Waals surface area contributed by atoms with E-state index < -0.39 is 17.4 Å². The standard InChI is InChI=1S/C18H13F2N3O5S/c1-27-12-4-5-13-15(9-12)29-18(21-13)22-16(24)7-2-10-8-11(23(25)26)3-6-14(10)28-17(19)20/h2-9,17H,1H3,(H,21,22,24)/b7-2+. The van der Waals surface area contributed by atoms with E-state index in [4.69, 9.17) is 4.74 Å². The molecular weight excluding hydrogens is 408 g/mol. The molecule has 0 spiro atoms. The van der Waals surface area contributed by atoms with Gasteiger partial charge in [0, 0.05) is 23.8 Å². The zero-order valence-electron chi connectivity index (χ0n) is 14.8. The molecule has 0 unspecified atom stereocenters. The van der Waals surface area contributed by atoms with E-state index in [0.29, 0.717) is 16.4 Å². The van der Waals surface area contributed by atoms with Crippen LogP contribution in [0.1, 0.15) is 5.56 Å². The molecule has 0 saturated heterocycles. The molecule has 1 aromatic heterocycles. The molecule has 3 rings (SSSR count). The topological polar surface area (TPSA) is 104 Å². The smallest absolute Gasteiger partial charge is 0.387 e. The number of alkyl halides is 2. The van der Waals surface area contributed by atoms with Crippen molar-refractivity contribution in [3.05, 3.63) is 58.2 Å². The number of hydrogen-bond donors (Lipinski definition) is 1. The summed E-state index contributed by atoms with van der Waals surface area (Å²) in [7, 11) is 1.54. The number of nitrogens with zero attached hydrogens (tertiary/aromatic N) is 2. The number of aromatic nitrogens is 1. The number of non-ortho nitro benzene ring substituents is 1. The number of anilines is 1. The lowest BCUT2D eigenvalue weighted by Crippen LogP contribution is -2.07. The number of halogens is 2. The Hall–Kier alpha value is -3.60. The van der Waals surface area contributed by atoms with Crippen LogP contribution in [-0.4, -0.2) is 29.5 Å². The lowest BCUT2D eigenvalue weighted by molar-refractivity contribution is -0.384. The quantitative estimate of drug-likeness (QED) is 0.343. The van der Waals surface area contributed by atoms with Gasteiger partial charge >= 0.3 is 6.61 Å². The molecule has 8 nitrogen and oxygen atoms in total. The van der Waals surface area contributed by atoms with Crippen LogP contribution >= 0.6 is 11.3 Å². The van der Waals surface area contributed by atoms with Gasteiger partial charge in [0.1, 0.15) is 11.5 Å². The van der Waals surface area contributed by atoms with E-state index in [0.717, 1.165) is 35.1 Å². The Morgan fingerprint density at radius 1 is 1.31 bits per heavy atom. The molecule has 2 aromatic carbocycles. The van der Waals surface area contributed by atoms with Crippen LogP contribution in [0.2, 0.25) is 0 Å². The van der Waals surface area contributed by atoms with Crippen molar-refractivity contribution in [3.8, 4) is 11.5 Å². The van der Waals surface area contributed by atoms with Crippen LogP contribution < -0.4 is 14.8 Å². The number of hydrogen-bond acceptors (Lipinski definition) is 7. The first-order chi connectivity index (χ1) is 13.9. The zero-order valence-corrected chi connectivity index (χ0v) is 15.6. The van der Waals surface area contributed by atoms with Gasteiger partial charge in [0.2, 0.25) is 5.91 Å². The summed E-state index contributed by atoms with van der Waals surface area (Å²) in [6.45, 7) is -3.11. The highest BCUT2D eigenvalue weighted by Gasteiger charge is 2.14. The van der Waals surface area contributed by atoms with Crippen LogP contribution in [0, 0.1) is 10.1 Å². The number of carbonyl (C=O) groups excluding carboxylic acids is 1. The van der Waals surface area contributed by atoms with Crippen LogP contribution in [0.15, 0.2) is 42.5 Å². The average Bonchev–Trinajstić information content (AvgIpc) is 3.07. The van der Waals surface area contributed by atoms with Crippen molar-refractivity contribution in [2.45, 2.75) is 6.61 Å². The minimum atomic E-state index is -3.11. The van der Waals surface area contributed by atoms with Gasteiger partial charge in [0.25, 0.3) is 5.69 Å². The number of fused-ring (bicyclic) bond motifs is 1. The van der Waals surface area contributed by atoms with Crippen molar-refractivity contribution in [1.82, 2.24) is 4.98 Å². The number of ether oxygens (including phenoxy) is 2. The van der Waals surface area contributed by atoms with Gasteiger partial charge in [-0.05, 0) is 30.3 Å². The lowest BCUT2D eigenvalue weighted by atomic mass is 10.1. The number of rotatable bonds is 7. The van der Waals surface area contributed by atoms with Crippen molar-refractivity contribution in [1.29, 1.82) is 0 Å². The maximum absolute atomic E-state index is 12.5. The van der Waals surface area contributed by atoms with Gasteiger partial charge in [-0.15, -0.1) is 0 Å². The van der Waals surface area contributed by atoms with Gasteiger partial charge in [-0.3, -0.25) is 20.2 Å². The van der Waals surface area contributed by atoms with Crippen molar-refractivity contribution < 1.29 is 28.0 Å². The fourth-order valence-electron chi connectivity index (χ4n) is 2.38. The molecule has 0 aliphatic carbocycles. The SMILES string of the molecule is COc1ccc2nc(NC(=O)/C=C/c3cc([N+](=O)[O-])ccc3OC(F)F)sc2c1. The minimum absolute atomic E-state index is 0.0383. The number of benzene rings is 2. The molecule has 0 aliphatic rings. The molecule has 150 valence electrons. The van der Waals surface area contributed by atoms with Gasteiger partial charge in [-0.1, -0.05) is 11.3 Å². The first-order valence-corrected chi connectivity index (χ1v) is 8.84. The van der Waals surface area contributed by atoms with E-state index in [9.17, 15) is 23.7 Å². The summed E-state index contributed by atoms with van der Waals surface area (Å²) < 4.78 is 35.3. The van der Waals surface area contributed by atoms with E-state index >= 15 is 0 Å². The average molecular weight is 421 g/mol. The number of nitro benzene ring substituents is 1. The fourth-order valence-corrected chi connectivity index (χ4v) is 3.28. The predicted octanol–water partition coefficient (Wildman–Crippen LogP) is 4.47. The van der Waals surface area contributed by atoms with Crippen LogP contribution in [0.4, 0.5) is 19.6 Å². The maximum Gasteiger partial charge on any atom is 0.387 e. The summed E-state index contributed by atoms with van der Waals surface area (Å²) in [5.41, 5.74) is 0.303. The van der Waals surface area contributed by atoms with Crippen LogP contribution in [0.5, 0.6) is 11.5 Å². The number of nitrogens with one attached hydrogen (secondary N) is 1. The number of carbonyl (C=O) groups is 1. The molecule has 3 aromatic rings. The first kappa shape index (κ1) is 20.1. The normalized spacial score (nSPS) is 11.2. The Morgan fingerprint density at radius 3 is 2.79 bits per heavy atom. The second-order valence-corrected chi connectivity index (χ2v) is 6.56. The number of thiazole rings is 1. The zero-order chi connectivity index (χ0) is 21.0. The predicted molar refractivity (Wildman–Crippen MR) is 104 cm³/mol. The minimum Gasteiger partial charge on any atom is -0.497 e. The molecule has 0 saturated carbocycles. The summed E-state index contributed by atoms with van der Waals surface area (Å²) in [4.78, 5) is 26.6. The van der Waals surface area contributed by atoms with Crippen molar-refractivity contribution in [2.75, 3.05) is 12.4 Å². The van der Waals surface area contributed by atoms with E-state index in [1.54, 1.807) is 18.2 Å². The van der Waals surface area contributed by atoms with Crippen LogP contribution in [0.25, 0.3) is 16.3 Å².